The lowest BCUT2D eigenvalue weighted by atomic mass is 9.93. The number of rotatable bonds is 9. The van der Waals surface area contributed by atoms with Crippen LogP contribution in [0, 0.1) is 22.7 Å². The normalized spacial score (nSPS) is 23.0. The molecule has 0 spiro atoms. The van der Waals surface area contributed by atoms with Crippen LogP contribution in [-0.2, 0) is 4.74 Å². The van der Waals surface area contributed by atoms with Crippen LogP contribution in [0.3, 0.4) is 0 Å². The van der Waals surface area contributed by atoms with Gasteiger partial charge in [-0.25, -0.2) is 4.39 Å². The van der Waals surface area contributed by atoms with Gasteiger partial charge in [-0.05, 0) is 77.5 Å². The molecule has 5 heterocycles. The molecule has 3 aromatic carbocycles. The molecule has 3 saturated heterocycles. The molecule has 2 bridgehead atoms. The van der Waals surface area contributed by atoms with Gasteiger partial charge in [-0.15, -0.1) is 5.54 Å². The lowest BCUT2D eigenvalue weighted by Gasteiger charge is -2.40. The van der Waals surface area contributed by atoms with Gasteiger partial charge in [-0.2, -0.15) is 9.97 Å². The minimum absolute atomic E-state index is 0.0329. The molecule has 5 aliphatic rings. The van der Waals surface area contributed by atoms with Gasteiger partial charge < -0.3 is 29.5 Å². The number of benzene rings is 3. The largest absolute Gasteiger partial charge is 0.508 e. The van der Waals surface area contributed by atoms with E-state index in [-0.39, 0.29) is 34.8 Å². The minimum Gasteiger partial charge on any atom is -0.508 e. The summed E-state index contributed by atoms with van der Waals surface area (Å²) < 4.78 is 36.5. The number of aromatic hydroxyl groups is 1. The molecule has 0 amide bonds. The summed E-state index contributed by atoms with van der Waals surface area (Å²) in [5.41, 5.74) is 7.17. The Kier molecular flexibility index (Phi) is 9.71. The first kappa shape index (κ1) is 37.6. The Morgan fingerprint density at radius 3 is 2.50 bits per heavy atom. The molecule has 2 N–H and O–H groups in total. The average molecular weight is 778 g/mol. The minimum atomic E-state index is -2.08. The van der Waals surface area contributed by atoms with Gasteiger partial charge in [0.05, 0.1) is 31.2 Å². The van der Waals surface area contributed by atoms with Gasteiger partial charge in [-0.1, -0.05) is 59.6 Å². The number of morpholine rings is 1. The second-order valence-corrected chi connectivity index (χ2v) is 23.7. The highest BCUT2D eigenvalue weighted by atomic mass is 28.3. The second kappa shape index (κ2) is 14.5. The van der Waals surface area contributed by atoms with E-state index in [1.54, 1.807) is 18.2 Å². The van der Waals surface area contributed by atoms with E-state index in [9.17, 15) is 5.11 Å². The van der Waals surface area contributed by atoms with Crippen molar-refractivity contribution in [3.05, 3.63) is 47.8 Å². The van der Waals surface area contributed by atoms with Gasteiger partial charge in [0.25, 0.3) is 0 Å². The molecule has 4 aliphatic heterocycles. The van der Waals surface area contributed by atoms with Gasteiger partial charge in [0.15, 0.2) is 5.82 Å². The van der Waals surface area contributed by atoms with Crippen molar-refractivity contribution in [2.75, 3.05) is 57.5 Å². The Morgan fingerprint density at radius 2 is 1.77 bits per heavy atom. The Labute approximate surface area is 331 Å². The summed E-state index contributed by atoms with van der Waals surface area (Å²) in [5, 5.41) is 17.1. The maximum atomic E-state index is 17.7. The zero-order chi connectivity index (χ0) is 38.9. The molecule has 3 atom stereocenters. The van der Waals surface area contributed by atoms with E-state index in [0.717, 1.165) is 81.4 Å². The molecule has 11 heteroatoms. The molecule has 4 aromatic rings. The van der Waals surface area contributed by atoms with Gasteiger partial charge in [-0.3, -0.25) is 4.90 Å². The monoisotopic (exact) mass is 777 g/mol. The Morgan fingerprint density at radius 1 is 1.00 bits per heavy atom. The molecule has 0 radical (unpaired) electrons. The van der Waals surface area contributed by atoms with Gasteiger partial charge in [0, 0.05) is 60.2 Å². The van der Waals surface area contributed by atoms with Gasteiger partial charge in [0.1, 0.15) is 37.5 Å². The van der Waals surface area contributed by atoms with E-state index in [2.05, 4.69) is 68.1 Å². The summed E-state index contributed by atoms with van der Waals surface area (Å²) in [6, 6.07) is 12.0. The number of ether oxygens (including phenoxy) is 3. The van der Waals surface area contributed by atoms with Crippen molar-refractivity contribution in [1.82, 2.24) is 20.2 Å². The maximum Gasteiger partial charge on any atom is 0.319 e. The third kappa shape index (κ3) is 6.50. The highest BCUT2D eigenvalue weighted by molar-refractivity contribution is 6.90. The van der Waals surface area contributed by atoms with Crippen molar-refractivity contribution in [2.24, 2.45) is 5.41 Å². The van der Waals surface area contributed by atoms with E-state index < -0.39 is 13.9 Å². The van der Waals surface area contributed by atoms with E-state index in [4.69, 9.17) is 24.2 Å². The highest BCUT2D eigenvalue weighted by Gasteiger charge is 2.47. The smallest absolute Gasteiger partial charge is 0.319 e. The van der Waals surface area contributed by atoms with Crippen molar-refractivity contribution in [3.63, 3.8) is 0 Å². The molecule has 1 aliphatic carbocycles. The summed E-state index contributed by atoms with van der Waals surface area (Å²) >= 11 is 0. The molecule has 0 unspecified atom stereocenters. The first-order valence-corrected chi connectivity index (χ1v) is 23.1. The number of phenolic OH excluding ortho intramolecular Hbond substituents is 1. The molecular formula is C45H56FN5O4Si. The van der Waals surface area contributed by atoms with Crippen LogP contribution in [-0.4, -0.2) is 98.8 Å². The van der Waals surface area contributed by atoms with Crippen molar-refractivity contribution in [2.45, 2.75) is 102 Å². The number of hydrogen-bond donors (Lipinski definition) is 2. The third-order valence-electron chi connectivity index (χ3n) is 13.7. The molecule has 1 saturated carbocycles. The van der Waals surface area contributed by atoms with Crippen molar-refractivity contribution in [3.8, 4) is 40.1 Å². The van der Waals surface area contributed by atoms with Crippen LogP contribution in [0.2, 0.25) is 16.6 Å². The lowest BCUT2D eigenvalue weighted by Crippen LogP contribution is -2.60. The zero-order valence-electron chi connectivity index (χ0n) is 33.8. The van der Waals surface area contributed by atoms with Crippen LogP contribution >= 0.6 is 0 Å². The van der Waals surface area contributed by atoms with Crippen LogP contribution in [0.1, 0.15) is 72.8 Å². The number of halogens is 1. The number of nitrogens with zero attached hydrogens (tertiary/aromatic N) is 4. The fourth-order valence-corrected chi connectivity index (χ4v) is 15.8. The van der Waals surface area contributed by atoms with Crippen molar-refractivity contribution < 1.29 is 23.7 Å². The van der Waals surface area contributed by atoms with Gasteiger partial charge in [0.2, 0.25) is 0 Å². The van der Waals surface area contributed by atoms with E-state index in [0.29, 0.717) is 64.0 Å². The quantitative estimate of drug-likeness (QED) is 0.129. The van der Waals surface area contributed by atoms with E-state index in [1.165, 1.54) is 0 Å². The summed E-state index contributed by atoms with van der Waals surface area (Å²) in [6.45, 7) is 19.8. The Bertz CT molecular complexity index is 2200. The number of fused-ring (bicyclic) bond motifs is 6. The van der Waals surface area contributed by atoms with Gasteiger partial charge >= 0.3 is 6.01 Å². The average Bonchev–Trinajstić information content (AvgIpc) is 3.86. The molecule has 56 heavy (non-hydrogen) atoms. The number of anilines is 1. The number of hydrogen-bond acceptors (Lipinski definition) is 9. The summed E-state index contributed by atoms with van der Waals surface area (Å²) in [6.07, 6.45) is 4.30. The highest BCUT2D eigenvalue weighted by Crippen LogP contribution is 2.49. The number of phenols is 1. The van der Waals surface area contributed by atoms with Crippen LogP contribution in [0.5, 0.6) is 17.5 Å². The first-order chi connectivity index (χ1) is 27.0. The van der Waals surface area contributed by atoms with Crippen molar-refractivity contribution in [1.29, 1.82) is 0 Å². The standard InChI is InChI=1S/C45H56FN5O4Si/c1-27(2)56(28(3)4,29(5)6)19-12-30-8-7-9-31-20-33(52)21-34(39(30)31)35-22-38-40-42(41(35)46)48-44(55-26-45(13-14-45)25-50-15-17-53-18-16-50)49-43(40)51-23-32-10-11-36(47-32)37(51)24-54-38/h7-9,20-22,27-29,32,36-37,47,52H,10-11,13-18,23-26H2,1-6H3/t32-,36+,37-/m1/s1. The summed E-state index contributed by atoms with van der Waals surface area (Å²) in [5.74, 6) is 4.43. The molecular weight excluding hydrogens is 722 g/mol. The van der Waals surface area contributed by atoms with Crippen LogP contribution in [0.25, 0.3) is 32.8 Å². The molecule has 9 nitrogen and oxygen atoms in total. The summed E-state index contributed by atoms with van der Waals surface area (Å²) in [7, 11) is -2.08. The fourth-order valence-electron chi connectivity index (χ4n) is 10.6. The Balaban J connectivity index is 1.19. The molecule has 9 rings (SSSR count). The topological polar surface area (TPSA) is 92.2 Å². The molecule has 4 fully saturated rings. The lowest BCUT2D eigenvalue weighted by molar-refractivity contribution is 0.0231. The Hall–Kier alpha value is -3.95. The number of aromatic nitrogens is 2. The number of piperazine rings is 1. The van der Waals surface area contributed by atoms with Crippen LogP contribution in [0.15, 0.2) is 36.4 Å². The summed E-state index contributed by atoms with van der Waals surface area (Å²) in [4.78, 5) is 14.7. The van der Waals surface area contributed by atoms with Crippen molar-refractivity contribution >= 4 is 35.6 Å². The third-order valence-corrected chi connectivity index (χ3v) is 20.0. The predicted molar refractivity (Wildman–Crippen MR) is 223 cm³/mol. The zero-order valence-corrected chi connectivity index (χ0v) is 34.8. The number of nitrogens with one attached hydrogen (secondary N) is 1. The molecule has 1 aromatic heterocycles. The predicted octanol–water partition coefficient (Wildman–Crippen LogP) is 8.06. The van der Waals surface area contributed by atoms with E-state index in [1.807, 2.05) is 18.2 Å². The first-order valence-electron chi connectivity index (χ1n) is 20.9. The maximum absolute atomic E-state index is 17.7. The van der Waals surface area contributed by atoms with Crippen LogP contribution < -0.4 is 19.7 Å². The SMILES string of the molecule is CC(C)[Si](C#Cc1cccc2cc(O)cc(-c3cc4c5c(nc(OCC6(CN7CCOCC7)CC6)nc5c3F)N3C[C@H]5CC[C@H](N5)[C@H]3CO4)c12)(C(C)C)C(C)C. The fraction of sp³-hybridized carbons (Fsp3) is 0.556. The van der Waals surface area contributed by atoms with Crippen LogP contribution in [0.4, 0.5) is 10.2 Å². The molecule has 296 valence electrons. The van der Waals surface area contributed by atoms with E-state index >= 15 is 4.39 Å². The second-order valence-electron chi connectivity index (χ2n) is 18.1.